The van der Waals surface area contributed by atoms with Crippen LogP contribution in [0.15, 0.2) is 255 Å². The average Bonchev–Trinajstić information content (AvgIpc) is 3.92. The topological polar surface area (TPSA) is 8.17 Å². The van der Waals surface area contributed by atoms with Gasteiger partial charge in [0, 0.05) is 53.7 Å². The van der Waals surface area contributed by atoms with Crippen molar-refractivity contribution in [1.82, 2.24) is 4.57 Å². The Balaban J connectivity index is 1.06. The Morgan fingerprint density at radius 1 is 0.344 bits per heavy atom. The highest BCUT2D eigenvalue weighted by molar-refractivity contribution is 7.25. The summed E-state index contributed by atoms with van der Waals surface area (Å²) in [6.07, 6.45) is 0. The van der Waals surface area contributed by atoms with Crippen LogP contribution in [0.4, 0.5) is 17.1 Å². The van der Waals surface area contributed by atoms with Gasteiger partial charge in [-0.15, -0.1) is 11.3 Å². The van der Waals surface area contributed by atoms with Crippen LogP contribution >= 0.6 is 11.3 Å². The maximum absolute atomic E-state index is 2.71. The fourth-order valence-corrected chi connectivity index (χ4v) is 16.0. The van der Waals surface area contributed by atoms with Crippen LogP contribution in [0, 0.1) is 0 Å². The minimum absolute atomic E-state index is 1.10. The molecule has 2 heterocycles. The van der Waals surface area contributed by atoms with Gasteiger partial charge in [-0.3, -0.25) is 0 Å². The van der Waals surface area contributed by atoms with E-state index in [1.54, 1.807) is 0 Å². The first kappa shape index (κ1) is 38.0. The van der Waals surface area contributed by atoms with Crippen LogP contribution in [0.1, 0.15) is 0 Å². The Morgan fingerprint density at radius 3 is 1.55 bits per heavy atom. The molecular weight excluding hydrogens is 809 g/mol. The molecule has 0 aliphatic rings. The van der Waals surface area contributed by atoms with Gasteiger partial charge in [0.1, 0.15) is 0 Å². The lowest BCUT2D eigenvalue weighted by atomic mass is 9.98. The highest BCUT2D eigenvalue weighted by Crippen LogP contribution is 2.43. The monoisotopic (exact) mass is 850 g/mol. The van der Waals surface area contributed by atoms with Crippen molar-refractivity contribution in [3.63, 3.8) is 0 Å². The highest BCUT2D eigenvalue weighted by Gasteiger charge is 2.41. The lowest BCUT2D eigenvalue weighted by Crippen LogP contribution is -2.74. The number of fused-ring (bicyclic) bond motifs is 6. The molecule has 0 amide bonds. The van der Waals surface area contributed by atoms with E-state index >= 15 is 0 Å². The van der Waals surface area contributed by atoms with Gasteiger partial charge in [0.2, 0.25) is 0 Å². The molecule has 0 N–H and O–H groups in total. The second kappa shape index (κ2) is 15.9. The summed E-state index contributed by atoms with van der Waals surface area (Å²) in [7, 11) is -2.71. The van der Waals surface area contributed by atoms with Crippen molar-refractivity contribution < 1.29 is 0 Å². The molecule has 0 bridgehead atoms. The minimum Gasteiger partial charge on any atom is -0.310 e. The van der Waals surface area contributed by atoms with Crippen LogP contribution in [0.3, 0.4) is 0 Å². The van der Waals surface area contributed by atoms with Gasteiger partial charge in [-0.1, -0.05) is 188 Å². The molecule has 10 aromatic carbocycles. The van der Waals surface area contributed by atoms with E-state index in [1.807, 2.05) is 11.3 Å². The average molecular weight is 851 g/mol. The third-order valence-corrected chi connectivity index (χ3v) is 18.9. The molecule has 2 aromatic heterocycles. The lowest BCUT2D eigenvalue weighted by Gasteiger charge is -2.35. The Labute approximate surface area is 378 Å². The first-order chi connectivity index (χ1) is 31.8. The molecule has 0 aliphatic carbocycles. The number of nitrogens with zero attached hydrogens (tertiary/aromatic N) is 2. The van der Waals surface area contributed by atoms with Crippen molar-refractivity contribution >= 4 is 99.2 Å². The molecule has 0 spiro atoms. The van der Waals surface area contributed by atoms with Crippen LogP contribution in [0.2, 0.25) is 0 Å². The summed E-state index contributed by atoms with van der Waals surface area (Å²) in [4.78, 5) is 2.45. The fourth-order valence-electron chi connectivity index (χ4n) is 10.2. The standard InChI is InChI=1S/C60H42N2SSi/c1-5-20-44(21-6-1)62-56-32-15-13-30-55(56)60-52(31-18-33-57(60)62)43-19-17-22-46(41-43)61(47-37-40-54-53-29-14-16-34-58(53)63-59(54)42-47)45-35-38-51(39-36-45)64(48-23-7-2-8-24-48,49-25-9-3-10-26-49)50-27-11-4-12-28-50/h1-42H. The Bertz CT molecular complexity index is 3500. The van der Waals surface area contributed by atoms with Crippen molar-refractivity contribution in [2.45, 2.75) is 0 Å². The Hall–Kier alpha value is -7.76. The molecule has 0 unspecified atom stereocenters. The normalized spacial score (nSPS) is 11.8. The van der Waals surface area contributed by atoms with Crippen LogP contribution in [-0.2, 0) is 0 Å². The summed E-state index contributed by atoms with van der Waals surface area (Å²) in [5, 5.41) is 10.5. The van der Waals surface area contributed by atoms with Crippen LogP contribution in [0.5, 0.6) is 0 Å². The summed E-state index contributed by atoms with van der Waals surface area (Å²) in [6.45, 7) is 0. The number of hydrogen-bond acceptors (Lipinski definition) is 2. The molecule has 0 atom stereocenters. The van der Waals surface area contributed by atoms with Gasteiger partial charge in [0.15, 0.2) is 8.07 Å². The molecule has 0 aliphatic heterocycles. The van der Waals surface area contributed by atoms with Crippen molar-refractivity contribution in [3.8, 4) is 16.8 Å². The zero-order chi connectivity index (χ0) is 42.5. The molecule has 4 heteroatoms. The van der Waals surface area contributed by atoms with Gasteiger partial charge in [-0.25, -0.2) is 0 Å². The largest absolute Gasteiger partial charge is 0.310 e. The van der Waals surface area contributed by atoms with E-state index in [0.717, 1.165) is 22.7 Å². The van der Waals surface area contributed by atoms with E-state index in [-0.39, 0.29) is 0 Å². The summed E-state index contributed by atoms with van der Waals surface area (Å²) < 4.78 is 4.98. The van der Waals surface area contributed by atoms with Crippen LogP contribution in [0.25, 0.3) is 58.8 Å². The molecule has 0 saturated carbocycles. The second-order valence-corrected chi connectivity index (χ2v) is 21.3. The minimum atomic E-state index is -2.71. The smallest absolute Gasteiger partial charge is 0.179 e. The lowest BCUT2D eigenvalue weighted by molar-refractivity contribution is 1.18. The predicted octanol–water partition coefficient (Wildman–Crippen LogP) is 13.7. The molecule has 302 valence electrons. The van der Waals surface area contributed by atoms with Crippen molar-refractivity contribution in [3.05, 3.63) is 255 Å². The van der Waals surface area contributed by atoms with Crippen LogP contribution in [-0.4, -0.2) is 12.6 Å². The van der Waals surface area contributed by atoms with Crippen LogP contribution < -0.4 is 25.6 Å². The number of anilines is 3. The quantitative estimate of drug-likeness (QED) is 0.104. The van der Waals surface area contributed by atoms with Gasteiger partial charge >= 0.3 is 0 Å². The third kappa shape index (κ3) is 6.22. The number of aromatic nitrogens is 1. The second-order valence-electron chi connectivity index (χ2n) is 16.4. The zero-order valence-electron chi connectivity index (χ0n) is 35.1. The van der Waals surface area contributed by atoms with E-state index < -0.39 is 8.07 Å². The Kier molecular flexibility index (Phi) is 9.40. The molecule has 12 aromatic rings. The van der Waals surface area contributed by atoms with Gasteiger partial charge in [0.25, 0.3) is 0 Å². The summed E-state index contributed by atoms with van der Waals surface area (Å²) in [5.41, 5.74) is 9.28. The maximum atomic E-state index is 2.45. The zero-order valence-corrected chi connectivity index (χ0v) is 36.9. The summed E-state index contributed by atoms with van der Waals surface area (Å²) in [5.74, 6) is 0. The molecule has 64 heavy (non-hydrogen) atoms. The molecular formula is C60H42N2SSi. The maximum Gasteiger partial charge on any atom is 0.179 e. The number of rotatable bonds is 9. The van der Waals surface area contributed by atoms with Crippen molar-refractivity contribution in [2.24, 2.45) is 0 Å². The van der Waals surface area contributed by atoms with E-state index in [4.69, 9.17) is 0 Å². The molecule has 0 saturated heterocycles. The van der Waals surface area contributed by atoms with E-state index in [9.17, 15) is 0 Å². The molecule has 12 rings (SSSR count). The molecule has 2 nitrogen and oxygen atoms in total. The van der Waals surface area contributed by atoms with E-state index in [0.29, 0.717) is 0 Å². The number of benzene rings is 10. The van der Waals surface area contributed by atoms with Crippen molar-refractivity contribution in [1.29, 1.82) is 0 Å². The number of thiophene rings is 1. The van der Waals surface area contributed by atoms with Gasteiger partial charge < -0.3 is 9.47 Å². The summed E-state index contributed by atoms with van der Waals surface area (Å²) in [6, 6.07) is 94.1. The third-order valence-electron chi connectivity index (χ3n) is 12.9. The SMILES string of the molecule is c1ccc(-n2c3ccccc3c3c(-c4cccc(N(c5ccc([Si](c6ccccc6)(c6ccccc6)c6ccccc6)cc5)c5ccc6c(c5)sc5ccccc56)c4)cccc32)cc1. The van der Waals surface area contributed by atoms with E-state index in [2.05, 4.69) is 264 Å². The van der Waals surface area contributed by atoms with Gasteiger partial charge in [-0.05, 0) is 98.6 Å². The fraction of sp³-hybridized carbons (Fsp3) is 0. The van der Waals surface area contributed by atoms with Gasteiger partial charge in [-0.2, -0.15) is 0 Å². The van der Waals surface area contributed by atoms with Gasteiger partial charge in [0.05, 0.1) is 11.0 Å². The number of hydrogen-bond donors (Lipinski definition) is 0. The summed E-state index contributed by atoms with van der Waals surface area (Å²) >= 11 is 1.86. The highest BCUT2D eigenvalue weighted by atomic mass is 32.1. The van der Waals surface area contributed by atoms with E-state index in [1.165, 1.54) is 73.9 Å². The van der Waals surface area contributed by atoms with Crippen molar-refractivity contribution in [2.75, 3.05) is 4.90 Å². The predicted molar refractivity (Wildman–Crippen MR) is 277 cm³/mol. The molecule has 0 radical (unpaired) electrons. The first-order valence-electron chi connectivity index (χ1n) is 21.9. The Morgan fingerprint density at radius 2 is 0.859 bits per heavy atom. The molecule has 0 fully saturated rings. The number of para-hydroxylation sites is 2. The first-order valence-corrected chi connectivity index (χ1v) is 24.7.